The predicted octanol–water partition coefficient (Wildman–Crippen LogP) is 2.10. The fraction of sp³-hybridized carbons (Fsp3) is 1.00. The van der Waals surface area contributed by atoms with Crippen LogP contribution in [0, 0.1) is 0 Å². The molecule has 0 saturated carbocycles. The number of hydrogen-bond donors (Lipinski definition) is 0. The summed E-state index contributed by atoms with van der Waals surface area (Å²) in [6.45, 7) is 6.68. The van der Waals surface area contributed by atoms with Crippen molar-refractivity contribution >= 4 is 11.8 Å². The smallest absolute Gasteiger partial charge is 0.214 e. The summed E-state index contributed by atoms with van der Waals surface area (Å²) in [7, 11) is 1.66. The highest BCUT2D eigenvalue weighted by atomic mass is 32.2. The van der Waals surface area contributed by atoms with Gasteiger partial charge in [-0.05, 0) is 12.7 Å². The summed E-state index contributed by atoms with van der Waals surface area (Å²) in [5.74, 6) is 1.00. The van der Waals surface area contributed by atoms with E-state index in [1.54, 1.807) is 18.9 Å². The maximum Gasteiger partial charge on any atom is 0.214 e. The number of methoxy groups -OCH3 is 1. The molecule has 3 heteroatoms. The average Bonchev–Trinajstić information content (AvgIpc) is 1.89. The van der Waals surface area contributed by atoms with Crippen LogP contribution in [0.4, 0.5) is 0 Å². The molecule has 0 fully saturated rings. The van der Waals surface area contributed by atoms with Gasteiger partial charge in [0.15, 0.2) is 0 Å². The zero-order valence-corrected chi connectivity index (χ0v) is 7.96. The minimum absolute atomic E-state index is 0.441. The molecular weight excluding hydrogens is 148 g/mol. The molecule has 0 amide bonds. The zero-order chi connectivity index (χ0) is 8.04. The largest absolute Gasteiger partial charge is 0.345 e. The lowest BCUT2D eigenvalue weighted by molar-refractivity contribution is -0.136. The first kappa shape index (κ1) is 10.3. The van der Waals surface area contributed by atoms with E-state index in [9.17, 15) is 0 Å². The Morgan fingerprint density at radius 2 is 2.00 bits per heavy atom. The molecule has 62 valence electrons. The maximum atomic E-state index is 5.36. The summed E-state index contributed by atoms with van der Waals surface area (Å²) in [6, 6.07) is 0. The first-order valence-electron chi connectivity index (χ1n) is 3.51. The van der Waals surface area contributed by atoms with Gasteiger partial charge in [0, 0.05) is 20.6 Å². The van der Waals surface area contributed by atoms with Crippen molar-refractivity contribution < 1.29 is 9.47 Å². The van der Waals surface area contributed by atoms with E-state index in [2.05, 4.69) is 6.92 Å². The van der Waals surface area contributed by atoms with Gasteiger partial charge in [-0.2, -0.15) is 0 Å². The van der Waals surface area contributed by atoms with Crippen LogP contribution in [0.1, 0.15) is 20.8 Å². The van der Waals surface area contributed by atoms with Gasteiger partial charge in [0.25, 0.3) is 0 Å². The second kappa shape index (κ2) is 4.99. The molecule has 0 spiro atoms. The van der Waals surface area contributed by atoms with Crippen molar-refractivity contribution in [2.24, 2.45) is 0 Å². The molecule has 1 unspecified atom stereocenters. The van der Waals surface area contributed by atoms with Crippen molar-refractivity contribution in [1.82, 2.24) is 0 Å². The van der Waals surface area contributed by atoms with Gasteiger partial charge in [-0.1, -0.05) is 18.7 Å². The molecule has 10 heavy (non-hydrogen) atoms. The first-order valence-corrected chi connectivity index (χ1v) is 4.50. The third kappa shape index (κ3) is 3.44. The molecule has 0 aromatic heterocycles. The lowest BCUT2D eigenvalue weighted by Gasteiger charge is -2.26. The van der Waals surface area contributed by atoms with E-state index in [0.717, 1.165) is 5.75 Å². The molecule has 0 saturated heterocycles. The molecule has 0 aliphatic rings. The Balaban J connectivity index is 3.69. The van der Waals surface area contributed by atoms with Gasteiger partial charge in [0.05, 0.1) is 0 Å². The van der Waals surface area contributed by atoms with Gasteiger partial charge in [0.1, 0.15) is 0 Å². The fourth-order valence-corrected chi connectivity index (χ4v) is 1.53. The van der Waals surface area contributed by atoms with Crippen LogP contribution in [0.25, 0.3) is 0 Å². The molecule has 0 bridgehead atoms. The van der Waals surface area contributed by atoms with Gasteiger partial charge in [0.2, 0.25) is 5.12 Å². The van der Waals surface area contributed by atoms with Crippen LogP contribution in [-0.4, -0.2) is 24.6 Å². The Bertz CT molecular complexity index is 79.7. The molecule has 1 atom stereocenters. The highest BCUT2D eigenvalue weighted by Crippen LogP contribution is 2.26. The van der Waals surface area contributed by atoms with Gasteiger partial charge >= 0.3 is 0 Å². The molecule has 0 radical (unpaired) electrons. The van der Waals surface area contributed by atoms with E-state index in [-0.39, 0.29) is 0 Å². The summed E-state index contributed by atoms with van der Waals surface area (Å²) >= 11 is 1.66. The Hall–Kier alpha value is 0.270. The summed E-state index contributed by atoms with van der Waals surface area (Å²) in [6.07, 6.45) is 0. The third-order valence-corrected chi connectivity index (χ3v) is 2.28. The number of hydrogen-bond acceptors (Lipinski definition) is 3. The minimum Gasteiger partial charge on any atom is -0.345 e. The highest BCUT2D eigenvalue weighted by molar-refractivity contribution is 8.00. The van der Waals surface area contributed by atoms with Crippen LogP contribution >= 0.6 is 11.8 Å². The number of ether oxygens (including phenoxy) is 2. The molecule has 0 aliphatic heterocycles. The van der Waals surface area contributed by atoms with Crippen molar-refractivity contribution in [3.8, 4) is 0 Å². The second-order valence-electron chi connectivity index (χ2n) is 1.93. The average molecular weight is 164 g/mol. The van der Waals surface area contributed by atoms with Crippen molar-refractivity contribution in [2.45, 2.75) is 25.9 Å². The standard InChI is InChI=1S/C7H16O2S/c1-5-9-7(3,8-4)10-6-2/h5-6H2,1-4H3. The molecule has 0 aliphatic carbocycles. The molecule has 2 nitrogen and oxygen atoms in total. The SMILES string of the molecule is CCOC(C)(OC)SCC. The molecule has 0 N–H and O–H groups in total. The maximum absolute atomic E-state index is 5.36. The lowest BCUT2D eigenvalue weighted by Crippen LogP contribution is -2.26. The normalized spacial score (nSPS) is 16.8. The van der Waals surface area contributed by atoms with Crippen molar-refractivity contribution in [1.29, 1.82) is 0 Å². The second-order valence-corrected chi connectivity index (χ2v) is 3.54. The predicted molar refractivity (Wildman–Crippen MR) is 45.2 cm³/mol. The number of rotatable bonds is 5. The molecule has 0 rings (SSSR count). The summed E-state index contributed by atoms with van der Waals surface area (Å²) < 4.78 is 10.5. The summed E-state index contributed by atoms with van der Waals surface area (Å²) in [5.41, 5.74) is 0. The van der Waals surface area contributed by atoms with Crippen molar-refractivity contribution in [3.05, 3.63) is 0 Å². The minimum atomic E-state index is -0.441. The number of thioether (sulfide) groups is 1. The van der Waals surface area contributed by atoms with E-state index in [4.69, 9.17) is 9.47 Å². The third-order valence-electron chi connectivity index (χ3n) is 1.18. The molecular formula is C7H16O2S. The van der Waals surface area contributed by atoms with Crippen molar-refractivity contribution in [3.63, 3.8) is 0 Å². The van der Waals surface area contributed by atoms with Crippen LogP contribution < -0.4 is 0 Å². The Morgan fingerprint density at radius 1 is 1.40 bits per heavy atom. The monoisotopic (exact) mass is 164 g/mol. The fourth-order valence-electron chi connectivity index (χ4n) is 0.684. The highest BCUT2D eigenvalue weighted by Gasteiger charge is 2.22. The van der Waals surface area contributed by atoms with E-state index in [1.807, 2.05) is 13.8 Å². The summed E-state index contributed by atoms with van der Waals surface area (Å²) in [4.78, 5) is 0. The van der Waals surface area contributed by atoms with Crippen LogP contribution in [0.15, 0.2) is 0 Å². The molecule has 0 aromatic rings. The van der Waals surface area contributed by atoms with E-state index < -0.39 is 5.12 Å². The Labute approximate surface area is 67.3 Å². The summed E-state index contributed by atoms with van der Waals surface area (Å²) in [5, 5.41) is -0.441. The van der Waals surface area contributed by atoms with Gasteiger partial charge < -0.3 is 9.47 Å². The molecule has 0 heterocycles. The molecule has 0 aromatic carbocycles. The van der Waals surface area contributed by atoms with E-state index in [1.165, 1.54) is 0 Å². The first-order chi connectivity index (χ1) is 4.68. The quantitative estimate of drug-likeness (QED) is 0.580. The van der Waals surface area contributed by atoms with Crippen LogP contribution in [0.2, 0.25) is 0 Å². The van der Waals surface area contributed by atoms with Gasteiger partial charge in [-0.15, -0.1) is 0 Å². The Kier molecular flexibility index (Phi) is 5.13. The Morgan fingerprint density at radius 3 is 2.30 bits per heavy atom. The van der Waals surface area contributed by atoms with E-state index >= 15 is 0 Å². The van der Waals surface area contributed by atoms with Crippen molar-refractivity contribution in [2.75, 3.05) is 19.5 Å². The topological polar surface area (TPSA) is 18.5 Å². The van der Waals surface area contributed by atoms with Crippen LogP contribution in [0.5, 0.6) is 0 Å². The lowest BCUT2D eigenvalue weighted by atomic mass is 10.7. The zero-order valence-electron chi connectivity index (χ0n) is 7.14. The van der Waals surface area contributed by atoms with Crippen LogP contribution in [0.3, 0.4) is 0 Å². The van der Waals surface area contributed by atoms with E-state index in [0.29, 0.717) is 6.61 Å². The van der Waals surface area contributed by atoms with Gasteiger partial charge in [-0.3, -0.25) is 0 Å². The van der Waals surface area contributed by atoms with Crippen LogP contribution in [-0.2, 0) is 9.47 Å². The van der Waals surface area contributed by atoms with Gasteiger partial charge in [-0.25, -0.2) is 0 Å².